The standard InChI is InChI=1S/C25H24Cl2N2O3/c1-18(25(31)28-15-20-7-5-6-10-23(20)27)29(16-19-11-13-21(26)14-12-19)24(30)17-32-22-8-3-2-4-9-22/h2-14,18H,15-17H2,1H3,(H,28,31)/t18-/m0/s1. The van der Waals surface area contributed by atoms with Crippen molar-refractivity contribution in [3.8, 4) is 5.75 Å². The zero-order valence-corrected chi connectivity index (χ0v) is 19.1. The minimum Gasteiger partial charge on any atom is -0.484 e. The van der Waals surface area contributed by atoms with Crippen LogP contribution in [-0.2, 0) is 22.7 Å². The number of ether oxygens (including phenoxy) is 1. The van der Waals surface area contributed by atoms with Gasteiger partial charge in [-0.15, -0.1) is 0 Å². The highest BCUT2D eigenvalue weighted by atomic mass is 35.5. The van der Waals surface area contributed by atoms with E-state index in [1.807, 2.05) is 48.5 Å². The summed E-state index contributed by atoms with van der Waals surface area (Å²) in [4.78, 5) is 27.4. The van der Waals surface area contributed by atoms with Crippen LogP contribution in [0.3, 0.4) is 0 Å². The van der Waals surface area contributed by atoms with E-state index < -0.39 is 6.04 Å². The average molecular weight is 471 g/mol. The lowest BCUT2D eigenvalue weighted by molar-refractivity contribution is -0.142. The molecule has 0 saturated carbocycles. The summed E-state index contributed by atoms with van der Waals surface area (Å²) in [7, 11) is 0. The van der Waals surface area contributed by atoms with Gasteiger partial charge in [0.1, 0.15) is 11.8 Å². The van der Waals surface area contributed by atoms with Crippen LogP contribution in [0.1, 0.15) is 18.1 Å². The molecule has 7 heteroatoms. The summed E-state index contributed by atoms with van der Waals surface area (Å²) < 4.78 is 5.62. The van der Waals surface area contributed by atoms with Gasteiger partial charge in [-0.3, -0.25) is 9.59 Å². The van der Waals surface area contributed by atoms with Crippen LogP contribution < -0.4 is 10.1 Å². The van der Waals surface area contributed by atoms with Crippen molar-refractivity contribution in [3.63, 3.8) is 0 Å². The first-order chi connectivity index (χ1) is 15.4. The number of para-hydroxylation sites is 1. The zero-order valence-electron chi connectivity index (χ0n) is 17.6. The molecule has 0 fully saturated rings. The zero-order chi connectivity index (χ0) is 22.9. The van der Waals surface area contributed by atoms with Crippen molar-refractivity contribution in [2.75, 3.05) is 6.61 Å². The van der Waals surface area contributed by atoms with Gasteiger partial charge in [0.05, 0.1) is 0 Å². The van der Waals surface area contributed by atoms with E-state index in [0.29, 0.717) is 15.8 Å². The van der Waals surface area contributed by atoms with Crippen LogP contribution in [0, 0.1) is 0 Å². The van der Waals surface area contributed by atoms with Crippen molar-refractivity contribution in [3.05, 3.63) is 100 Å². The highest BCUT2D eigenvalue weighted by Gasteiger charge is 2.26. The number of hydrogen-bond acceptors (Lipinski definition) is 3. The molecule has 0 aromatic heterocycles. The fourth-order valence-corrected chi connectivity index (χ4v) is 3.41. The Bertz CT molecular complexity index is 1040. The van der Waals surface area contributed by atoms with E-state index in [1.165, 1.54) is 4.90 Å². The second kappa shape index (κ2) is 11.6. The molecule has 3 aromatic rings. The van der Waals surface area contributed by atoms with Gasteiger partial charge in [-0.25, -0.2) is 0 Å². The molecule has 166 valence electrons. The average Bonchev–Trinajstić information content (AvgIpc) is 2.81. The Balaban J connectivity index is 1.70. The van der Waals surface area contributed by atoms with E-state index in [4.69, 9.17) is 27.9 Å². The second-order valence-corrected chi connectivity index (χ2v) is 8.08. The summed E-state index contributed by atoms with van der Waals surface area (Å²) in [5.74, 6) is -0.000687. The van der Waals surface area contributed by atoms with Crippen molar-refractivity contribution in [1.82, 2.24) is 10.2 Å². The van der Waals surface area contributed by atoms with Crippen molar-refractivity contribution in [2.24, 2.45) is 0 Å². The van der Waals surface area contributed by atoms with Gasteiger partial charge in [0.2, 0.25) is 5.91 Å². The first-order valence-electron chi connectivity index (χ1n) is 10.2. The maximum atomic E-state index is 13.0. The number of carbonyl (C=O) groups is 2. The lowest BCUT2D eigenvalue weighted by Crippen LogP contribution is -2.48. The molecule has 0 spiro atoms. The molecule has 0 heterocycles. The summed E-state index contributed by atoms with van der Waals surface area (Å²) in [6.07, 6.45) is 0. The number of rotatable bonds is 9. The molecular weight excluding hydrogens is 447 g/mol. The van der Waals surface area contributed by atoms with E-state index in [2.05, 4.69) is 5.32 Å². The predicted octanol–water partition coefficient (Wildman–Crippen LogP) is 5.11. The van der Waals surface area contributed by atoms with Gasteiger partial charge in [-0.05, 0) is 48.4 Å². The molecule has 0 saturated heterocycles. The molecule has 32 heavy (non-hydrogen) atoms. The molecule has 0 unspecified atom stereocenters. The molecule has 1 N–H and O–H groups in total. The largest absolute Gasteiger partial charge is 0.484 e. The Labute approximate surface area is 197 Å². The Morgan fingerprint density at radius 1 is 0.938 bits per heavy atom. The number of hydrogen-bond donors (Lipinski definition) is 1. The van der Waals surface area contributed by atoms with E-state index in [-0.39, 0.29) is 31.5 Å². The van der Waals surface area contributed by atoms with Crippen molar-refractivity contribution >= 4 is 35.0 Å². The highest BCUT2D eigenvalue weighted by Crippen LogP contribution is 2.17. The molecule has 0 aliphatic heterocycles. The number of nitrogens with zero attached hydrogens (tertiary/aromatic N) is 1. The number of benzene rings is 3. The van der Waals surface area contributed by atoms with Gasteiger partial charge in [0, 0.05) is 23.1 Å². The van der Waals surface area contributed by atoms with E-state index in [9.17, 15) is 9.59 Å². The SMILES string of the molecule is C[C@@H](C(=O)NCc1ccccc1Cl)N(Cc1ccc(Cl)cc1)C(=O)COc1ccccc1. The molecule has 0 bridgehead atoms. The molecule has 3 rings (SSSR count). The van der Waals surface area contributed by atoms with E-state index in [0.717, 1.165) is 11.1 Å². The maximum absolute atomic E-state index is 13.0. The summed E-state index contributed by atoms with van der Waals surface area (Å²) in [5.41, 5.74) is 1.66. The summed E-state index contributed by atoms with van der Waals surface area (Å²) >= 11 is 12.2. The lowest BCUT2D eigenvalue weighted by atomic mass is 10.1. The van der Waals surface area contributed by atoms with Crippen molar-refractivity contribution in [2.45, 2.75) is 26.1 Å². The molecule has 2 amide bonds. The van der Waals surface area contributed by atoms with Gasteiger partial charge in [0.25, 0.3) is 5.91 Å². The molecule has 0 radical (unpaired) electrons. The maximum Gasteiger partial charge on any atom is 0.261 e. The fourth-order valence-electron chi connectivity index (χ4n) is 3.09. The van der Waals surface area contributed by atoms with Crippen molar-refractivity contribution in [1.29, 1.82) is 0 Å². The van der Waals surface area contributed by atoms with Crippen LogP contribution in [0.4, 0.5) is 0 Å². The predicted molar refractivity (Wildman–Crippen MR) is 127 cm³/mol. The summed E-state index contributed by atoms with van der Waals surface area (Å²) in [6, 6.07) is 22.8. The Hall–Kier alpha value is -3.02. The molecule has 3 aromatic carbocycles. The molecule has 0 aliphatic rings. The highest BCUT2D eigenvalue weighted by molar-refractivity contribution is 6.31. The minimum atomic E-state index is -0.722. The minimum absolute atomic E-state index is 0.181. The first-order valence-corrected chi connectivity index (χ1v) is 10.9. The smallest absolute Gasteiger partial charge is 0.261 e. The van der Waals surface area contributed by atoms with Gasteiger partial charge < -0.3 is 15.0 Å². The number of halogens is 2. The normalized spacial score (nSPS) is 11.5. The third-order valence-electron chi connectivity index (χ3n) is 4.95. The van der Waals surface area contributed by atoms with Crippen LogP contribution in [0.5, 0.6) is 5.75 Å². The lowest BCUT2D eigenvalue weighted by Gasteiger charge is -2.29. The molecular formula is C25H24Cl2N2O3. The monoisotopic (exact) mass is 470 g/mol. The topological polar surface area (TPSA) is 58.6 Å². The molecule has 1 atom stereocenters. The third kappa shape index (κ3) is 6.74. The Morgan fingerprint density at radius 2 is 1.59 bits per heavy atom. The van der Waals surface area contributed by atoms with Gasteiger partial charge in [-0.1, -0.05) is 71.7 Å². The second-order valence-electron chi connectivity index (χ2n) is 7.24. The molecule has 5 nitrogen and oxygen atoms in total. The van der Waals surface area contributed by atoms with Crippen LogP contribution in [-0.4, -0.2) is 29.4 Å². The van der Waals surface area contributed by atoms with E-state index in [1.54, 1.807) is 37.3 Å². The van der Waals surface area contributed by atoms with E-state index >= 15 is 0 Å². The molecule has 0 aliphatic carbocycles. The van der Waals surface area contributed by atoms with Crippen molar-refractivity contribution < 1.29 is 14.3 Å². The quantitative estimate of drug-likeness (QED) is 0.472. The fraction of sp³-hybridized carbons (Fsp3) is 0.200. The first kappa shape index (κ1) is 23.6. The van der Waals surface area contributed by atoms with Gasteiger partial charge in [-0.2, -0.15) is 0 Å². The van der Waals surface area contributed by atoms with Gasteiger partial charge >= 0.3 is 0 Å². The summed E-state index contributed by atoms with van der Waals surface area (Å²) in [6.45, 7) is 2.03. The number of amides is 2. The van der Waals surface area contributed by atoms with Crippen LogP contribution >= 0.6 is 23.2 Å². The van der Waals surface area contributed by atoms with Crippen LogP contribution in [0.25, 0.3) is 0 Å². The third-order valence-corrected chi connectivity index (χ3v) is 5.57. The van der Waals surface area contributed by atoms with Crippen LogP contribution in [0.2, 0.25) is 10.0 Å². The summed E-state index contributed by atoms with van der Waals surface area (Å²) in [5, 5.41) is 4.04. The van der Waals surface area contributed by atoms with Gasteiger partial charge in [0.15, 0.2) is 6.61 Å². The van der Waals surface area contributed by atoms with Crippen LogP contribution in [0.15, 0.2) is 78.9 Å². The Morgan fingerprint density at radius 3 is 2.28 bits per heavy atom. The number of nitrogens with one attached hydrogen (secondary N) is 1. The Kier molecular flexibility index (Phi) is 8.54. The number of carbonyl (C=O) groups excluding carboxylic acids is 2.